The van der Waals surface area contributed by atoms with Crippen molar-refractivity contribution in [2.45, 2.75) is 19.8 Å². The van der Waals surface area contributed by atoms with Gasteiger partial charge < -0.3 is 15.0 Å². The number of amides is 2. The van der Waals surface area contributed by atoms with Gasteiger partial charge in [-0.3, -0.25) is 9.59 Å². The monoisotopic (exact) mass is 380 g/mol. The van der Waals surface area contributed by atoms with Gasteiger partial charge in [-0.2, -0.15) is 0 Å². The standard InChI is InChI=1S/C22H24N2O4/c1-15(25)18-4-3-5-19(13-18)17-6-8-20(9-7-17)23-22(27)24-11-10-16(14-24)12-21(26)28-2/h3-9,13,16H,10-12,14H2,1-2H3,(H,23,27). The topological polar surface area (TPSA) is 75.7 Å². The van der Waals surface area contributed by atoms with Crippen LogP contribution in [0.15, 0.2) is 48.5 Å². The quantitative estimate of drug-likeness (QED) is 0.629. The predicted molar refractivity (Wildman–Crippen MR) is 107 cm³/mol. The highest BCUT2D eigenvalue weighted by Crippen LogP contribution is 2.24. The average Bonchev–Trinajstić information content (AvgIpc) is 3.17. The summed E-state index contributed by atoms with van der Waals surface area (Å²) in [5.74, 6) is -0.0623. The highest BCUT2D eigenvalue weighted by atomic mass is 16.5. The number of ketones is 1. The Morgan fingerprint density at radius 3 is 2.54 bits per heavy atom. The molecule has 0 aliphatic carbocycles. The van der Waals surface area contributed by atoms with E-state index < -0.39 is 0 Å². The number of likely N-dealkylation sites (tertiary alicyclic amines) is 1. The fraction of sp³-hybridized carbons (Fsp3) is 0.318. The van der Waals surface area contributed by atoms with Crippen LogP contribution in [0.1, 0.15) is 30.1 Å². The Morgan fingerprint density at radius 1 is 1.11 bits per heavy atom. The normalized spacial score (nSPS) is 15.9. The highest BCUT2D eigenvalue weighted by Gasteiger charge is 2.28. The van der Waals surface area contributed by atoms with E-state index in [0.717, 1.165) is 17.5 Å². The summed E-state index contributed by atoms with van der Waals surface area (Å²) >= 11 is 0. The number of carbonyl (C=O) groups is 3. The van der Waals surface area contributed by atoms with Crippen LogP contribution in [0, 0.1) is 5.92 Å². The van der Waals surface area contributed by atoms with Crippen LogP contribution in [0.4, 0.5) is 10.5 Å². The van der Waals surface area contributed by atoms with Gasteiger partial charge in [-0.1, -0.05) is 30.3 Å². The number of anilines is 1. The van der Waals surface area contributed by atoms with E-state index in [9.17, 15) is 14.4 Å². The number of methoxy groups -OCH3 is 1. The van der Waals surface area contributed by atoms with Gasteiger partial charge in [0.1, 0.15) is 0 Å². The summed E-state index contributed by atoms with van der Waals surface area (Å²) in [4.78, 5) is 37.1. The molecule has 1 aliphatic heterocycles. The molecular formula is C22H24N2O4. The minimum atomic E-state index is -0.239. The fourth-order valence-electron chi connectivity index (χ4n) is 3.37. The SMILES string of the molecule is COC(=O)CC1CCN(C(=O)Nc2ccc(-c3cccc(C(C)=O)c3)cc2)C1. The van der Waals surface area contributed by atoms with Gasteiger partial charge in [0.2, 0.25) is 0 Å². The van der Waals surface area contributed by atoms with Crippen molar-refractivity contribution in [1.29, 1.82) is 0 Å². The summed E-state index contributed by atoms with van der Waals surface area (Å²) < 4.78 is 4.69. The molecule has 2 aromatic carbocycles. The van der Waals surface area contributed by atoms with Crippen LogP contribution in [0.5, 0.6) is 0 Å². The Morgan fingerprint density at radius 2 is 1.86 bits per heavy atom. The van der Waals surface area contributed by atoms with Crippen molar-refractivity contribution in [2.24, 2.45) is 5.92 Å². The van der Waals surface area contributed by atoms with E-state index in [1.807, 2.05) is 42.5 Å². The summed E-state index contributed by atoms with van der Waals surface area (Å²) in [6.07, 6.45) is 1.14. The number of hydrogen-bond acceptors (Lipinski definition) is 4. The third-order valence-corrected chi connectivity index (χ3v) is 4.99. The zero-order valence-electron chi connectivity index (χ0n) is 16.1. The highest BCUT2D eigenvalue weighted by molar-refractivity contribution is 5.95. The lowest BCUT2D eigenvalue weighted by molar-refractivity contribution is -0.141. The molecule has 0 spiro atoms. The van der Waals surface area contributed by atoms with Crippen molar-refractivity contribution < 1.29 is 19.1 Å². The number of benzene rings is 2. The van der Waals surface area contributed by atoms with Crippen LogP contribution in [0.2, 0.25) is 0 Å². The molecule has 2 aromatic rings. The summed E-state index contributed by atoms with van der Waals surface area (Å²) in [5.41, 5.74) is 3.30. The van der Waals surface area contributed by atoms with Crippen molar-refractivity contribution in [1.82, 2.24) is 4.90 Å². The lowest BCUT2D eigenvalue weighted by atomic mass is 10.0. The van der Waals surface area contributed by atoms with E-state index in [-0.39, 0.29) is 23.7 Å². The molecule has 1 fully saturated rings. The van der Waals surface area contributed by atoms with Gasteiger partial charge in [-0.05, 0) is 48.6 Å². The maximum atomic E-state index is 12.5. The van der Waals surface area contributed by atoms with Crippen LogP contribution in [0.3, 0.4) is 0 Å². The lowest BCUT2D eigenvalue weighted by Gasteiger charge is -2.17. The Hall–Kier alpha value is -3.15. The summed E-state index contributed by atoms with van der Waals surface area (Å²) in [6, 6.07) is 14.8. The van der Waals surface area contributed by atoms with Crippen molar-refractivity contribution in [2.75, 3.05) is 25.5 Å². The number of urea groups is 1. The van der Waals surface area contributed by atoms with Gasteiger partial charge >= 0.3 is 12.0 Å². The summed E-state index contributed by atoms with van der Waals surface area (Å²) in [6.45, 7) is 2.73. The fourth-order valence-corrected chi connectivity index (χ4v) is 3.37. The molecule has 0 aromatic heterocycles. The molecule has 1 atom stereocenters. The predicted octanol–water partition coefficient (Wildman–Crippen LogP) is 3.97. The van der Waals surface area contributed by atoms with Crippen molar-refractivity contribution in [3.8, 4) is 11.1 Å². The summed E-state index contributed by atoms with van der Waals surface area (Å²) in [7, 11) is 1.38. The second kappa shape index (κ2) is 8.69. The zero-order valence-corrected chi connectivity index (χ0v) is 16.1. The minimum absolute atomic E-state index is 0.0295. The van der Waals surface area contributed by atoms with Crippen molar-refractivity contribution >= 4 is 23.5 Å². The number of nitrogens with zero attached hydrogens (tertiary/aromatic N) is 1. The number of hydrogen-bond donors (Lipinski definition) is 1. The third-order valence-electron chi connectivity index (χ3n) is 4.99. The van der Waals surface area contributed by atoms with E-state index in [0.29, 0.717) is 30.8 Å². The molecule has 0 radical (unpaired) electrons. The largest absolute Gasteiger partial charge is 0.469 e. The molecule has 1 heterocycles. The first-order chi connectivity index (χ1) is 13.5. The number of nitrogens with one attached hydrogen (secondary N) is 1. The number of carbonyl (C=O) groups excluding carboxylic acids is 3. The molecule has 1 N–H and O–H groups in total. The second-order valence-electron chi connectivity index (χ2n) is 7.03. The van der Waals surface area contributed by atoms with Gasteiger partial charge in [-0.15, -0.1) is 0 Å². The van der Waals surface area contributed by atoms with Gasteiger partial charge in [0.25, 0.3) is 0 Å². The first-order valence-electron chi connectivity index (χ1n) is 9.30. The van der Waals surface area contributed by atoms with Crippen molar-refractivity contribution in [3.05, 3.63) is 54.1 Å². The Bertz CT molecular complexity index is 876. The lowest BCUT2D eigenvalue weighted by Crippen LogP contribution is -2.33. The van der Waals surface area contributed by atoms with Gasteiger partial charge in [0.15, 0.2) is 5.78 Å². The molecule has 0 saturated carbocycles. The first-order valence-corrected chi connectivity index (χ1v) is 9.30. The molecule has 6 heteroatoms. The molecule has 1 aliphatic rings. The van der Waals surface area contributed by atoms with Crippen LogP contribution in [-0.2, 0) is 9.53 Å². The van der Waals surface area contributed by atoms with Gasteiger partial charge in [0.05, 0.1) is 13.5 Å². The average molecular weight is 380 g/mol. The number of rotatable bonds is 5. The van der Waals surface area contributed by atoms with Crippen LogP contribution >= 0.6 is 0 Å². The molecular weight excluding hydrogens is 356 g/mol. The molecule has 0 bridgehead atoms. The molecule has 6 nitrogen and oxygen atoms in total. The first kappa shape index (κ1) is 19.6. The van der Waals surface area contributed by atoms with Gasteiger partial charge in [0, 0.05) is 24.3 Å². The Kier molecular flexibility index (Phi) is 6.09. The number of ether oxygens (including phenoxy) is 1. The third kappa shape index (κ3) is 4.76. The van der Waals surface area contributed by atoms with E-state index in [1.54, 1.807) is 17.9 Å². The molecule has 3 rings (SSSR count). The Labute approximate surface area is 164 Å². The maximum absolute atomic E-state index is 12.5. The van der Waals surface area contributed by atoms with Crippen LogP contribution in [-0.4, -0.2) is 42.9 Å². The Balaban J connectivity index is 1.60. The van der Waals surface area contributed by atoms with E-state index in [2.05, 4.69) is 5.32 Å². The molecule has 2 amide bonds. The molecule has 1 unspecified atom stereocenters. The molecule has 28 heavy (non-hydrogen) atoms. The van der Waals surface area contributed by atoms with Crippen LogP contribution in [0.25, 0.3) is 11.1 Å². The summed E-state index contributed by atoms with van der Waals surface area (Å²) in [5, 5.41) is 2.90. The zero-order chi connectivity index (χ0) is 20.1. The van der Waals surface area contributed by atoms with Gasteiger partial charge in [-0.25, -0.2) is 4.79 Å². The smallest absolute Gasteiger partial charge is 0.321 e. The second-order valence-corrected chi connectivity index (χ2v) is 7.03. The van der Waals surface area contributed by atoms with E-state index >= 15 is 0 Å². The van der Waals surface area contributed by atoms with E-state index in [4.69, 9.17) is 4.74 Å². The van der Waals surface area contributed by atoms with Crippen LogP contribution < -0.4 is 5.32 Å². The number of Topliss-reactive ketones (excluding diaryl/α,β-unsaturated/α-hetero) is 1. The van der Waals surface area contributed by atoms with E-state index in [1.165, 1.54) is 7.11 Å². The molecule has 1 saturated heterocycles. The van der Waals surface area contributed by atoms with Crippen molar-refractivity contribution in [3.63, 3.8) is 0 Å². The molecule has 146 valence electrons. The minimum Gasteiger partial charge on any atom is -0.469 e. The number of esters is 1. The maximum Gasteiger partial charge on any atom is 0.321 e.